The topological polar surface area (TPSA) is 26.3 Å². The second-order valence-corrected chi connectivity index (χ2v) is 3.67. The van der Waals surface area contributed by atoms with Crippen LogP contribution in [0.15, 0.2) is 18.2 Å². The molecule has 0 fully saturated rings. The molecule has 1 rings (SSSR count). The SMILES string of the molecule is CC(=O)OCCc1ccc(Cl)cc1Cl. The fraction of sp³-hybridized carbons (Fsp3) is 0.300. The number of benzene rings is 1. The molecule has 4 heteroatoms. The van der Waals surface area contributed by atoms with Crippen LogP contribution in [-0.4, -0.2) is 12.6 Å². The molecule has 0 saturated carbocycles. The predicted molar refractivity (Wildman–Crippen MR) is 56.8 cm³/mol. The van der Waals surface area contributed by atoms with Gasteiger partial charge < -0.3 is 4.74 Å². The van der Waals surface area contributed by atoms with Gasteiger partial charge in [0, 0.05) is 23.4 Å². The van der Waals surface area contributed by atoms with Gasteiger partial charge in [-0.05, 0) is 17.7 Å². The molecule has 0 bridgehead atoms. The lowest BCUT2D eigenvalue weighted by atomic mass is 10.2. The van der Waals surface area contributed by atoms with E-state index in [1.807, 2.05) is 6.07 Å². The van der Waals surface area contributed by atoms with Crippen LogP contribution in [0.5, 0.6) is 0 Å². The molecule has 0 radical (unpaired) electrons. The van der Waals surface area contributed by atoms with E-state index in [1.165, 1.54) is 6.92 Å². The van der Waals surface area contributed by atoms with E-state index < -0.39 is 0 Å². The molecule has 0 saturated heterocycles. The number of hydrogen-bond donors (Lipinski definition) is 0. The molecule has 1 aromatic carbocycles. The summed E-state index contributed by atoms with van der Waals surface area (Å²) < 4.78 is 4.80. The van der Waals surface area contributed by atoms with E-state index in [2.05, 4.69) is 0 Å². The standard InChI is InChI=1S/C10H10Cl2O2/c1-7(13)14-5-4-8-2-3-9(11)6-10(8)12/h2-3,6H,4-5H2,1H3. The first kappa shape index (κ1) is 11.3. The zero-order valence-corrected chi connectivity index (χ0v) is 9.23. The van der Waals surface area contributed by atoms with Crippen LogP contribution >= 0.6 is 23.2 Å². The Morgan fingerprint density at radius 3 is 2.71 bits per heavy atom. The molecule has 0 spiro atoms. The lowest BCUT2D eigenvalue weighted by Gasteiger charge is -2.04. The Balaban J connectivity index is 2.55. The third kappa shape index (κ3) is 3.56. The summed E-state index contributed by atoms with van der Waals surface area (Å²) in [6.07, 6.45) is 0.607. The first-order chi connectivity index (χ1) is 6.59. The van der Waals surface area contributed by atoms with Crippen LogP contribution in [0, 0.1) is 0 Å². The quantitative estimate of drug-likeness (QED) is 0.750. The third-order valence-corrected chi connectivity index (χ3v) is 2.28. The number of ether oxygens (including phenoxy) is 1. The predicted octanol–water partition coefficient (Wildman–Crippen LogP) is 3.10. The van der Waals surface area contributed by atoms with Gasteiger partial charge in [-0.25, -0.2) is 0 Å². The Hall–Kier alpha value is -0.730. The summed E-state index contributed by atoms with van der Waals surface area (Å²) in [5.41, 5.74) is 0.928. The Morgan fingerprint density at radius 1 is 1.43 bits per heavy atom. The maximum absolute atomic E-state index is 10.5. The average molecular weight is 233 g/mol. The van der Waals surface area contributed by atoms with Gasteiger partial charge in [0.05, 0.1) is 6.61 Å². The Kier molecular flexibility index (Phi) is 4.23. The van der Waals surface area contributed by atoms with Gasteiger partial charge in [-0.1, -0.05) is 29.3 Å². The fourth-order valence-corrected chi connectivity index (χ4v) is 1.53. The van der Waals surface area contributed by atoms with Crippen LogP contribution in [-0.2, 0) is 16.0 Å². The summed E-state index contributed by atoms with van der Waals surface area (Å²) in [6.45, 7) is 1.72. The highest BCUT2D eigenvalue weighted by Crippen LogP contribution is 2.21. The van der Waals surface area contributed by atoms with Crippen molar-refractivity contribution >= 4 is 29.2 Å². The summed E-state index contributed by atoms with van der Waals surface area (Å²) in [5, 5.41) is 1.20. The van der Waals surface area contributed by atoms with Crippen molar-refractivity contribution in [1.82, 2.24) is 0 Å². The normalized spacial score (nSPS) is 9.93. The lowest BCUT2D eigenvalue weighted by Crippen LogP contribution is -2.03. The third-order valence-electron chi connectivity index (χ3n) is 1.69. The summed E-state index contributed by atoms with van der Waals surface area (Å²) in [4.78, 5) is 10.5. The first-order valence-corrected chi connectivity index (χ1v) is 4.92. The van der Waals surface area contributed by atoms with E-state index in [0.717, 1.165) is 5.56 Å². The number of esters is 1. The highest BCUT2D eigenvalue weighted by atomic mass is 35.5. The molecular formula is C10H10Cl2O2. The molecule has 0 atom stereocenters. The van der Waals surface area contributed by atoms with Crippen LogP contribution in [0.4, 0.5) is 0 Å². The van der Waals surface area contributed by atoms with Crippen LogP contribution in [0.3, 0.4) is 0 Å². The van der Waals surface area contributed by atoms with Crippen LogP contribution in [0.1, 0.15) is 12.5 Å². The van der Waals surface area contributed by atoms with Gasteiger partial charge in [0.15, 0.2) is 0 Å². The van der Waals surface area contributed by atoms with Crippen molar-refractivity contribution in [3.05, 3.63) is 33.8 Å². The Morgan fingerprint density at radius 2 is 2.14 bits per heavy atom. The molecule has 0 amide bonds. The Labute approximate surface area is 92.8 Å². The maximum atomic E-state index is 10.5. The number of halogens is 2. The zero-order valence-electron chi connectivity index (χ0n) is 7.72. The van der Waals surface area contributed by atoms with Crippen molar-refractivity contribution in [2.24, 2.45) is 0 Å². The molecule has 0 unspecified atom stereocenters. The second-order valence-electron chi connectivity index (χ2n) is 2.83. The summed E-state index contributed by atoms with van der Waals surface area (Å²) in [5.74, 6) is -0.282. The van der Waals surface area contributed by atoms with Crippen molar-refractivity contribution in [3.63, 3.8) is 0 Å². The molecule has 0 aliphatic rings. The van der Waals surface area contributed by atoms with Gasteiger partial charge in [0.25, 0.3) is 0 Å². The average Bonchev–Trinajstić information content (AvgIpc) is 2.08. The van der Waals surface area contributed by atoms with Crippen molar-refractivity contribution in [2.45, 2.75) is 13.3 Å². The van der Waals surface area contributed by atoms with E-state index in [-0.39, 0.29) is 5.97 Å². The molecule has 76 valence electrons. The summed E-state index contributed by atoms with van der Waals surface area (Å²) in [7, 11) is 0. The van der Waals surface area contributed by atoms with Crippen LogP contribution in [0.2, 0.25) is 10.0 Å². The summed E-state index contributed by atoms with van der Waals surface area (Å²) in [6, 6.07) is 5.26. The summed E-state index contributed by atoms with van der Waals surface area (Å²) >= 11 is 11.7. The minimum Gasteiger partial charge on any atom is -0.466 e. The highest BCUT2D eigenvalue weighted by molar-refractivity contribution is 6.35. The van der Waals surface area contributed by atoms with Crippen molar-refractivity contribution in [3.8, 4) is 0 Å². The zero-order chi connectivity index (χ0) is 10.6. The van der Waals surface area contributed by atoms with Crippen molar-refractivity contribution in [2.75, 3.05) is 6.61 Å². The number of carbonyl (C=O) groups excluding carboxylic acids is 1. The van der Waals surface area contributed by atoms with Crippen molar-refractivity contribution in [1.29, 1.82) is 0 Å². The minimum atomic E-state index is -0.282. The van der Waals surface area contributed by atoms with E-state index in [9.17, 15) is 4.79 Å². The first-order valence-electron chi connectivity index (χ1n) is 4.17. The largest absolute Gasteiger partial charge is 0.466 e. The molecule has 0 aromatic heterocycles. The van der Waals surface area contributed by atoms with Crippen LogP contribution in [0.25, 0.3) is 0 Å². The smallest absolute Gasteiger partial charge is 0.302 e. The minimum absolute atomic E-state index is 0.282. The molecule has 2 nitrogen and oxygen atoms in total. The molecular weight excluding hydrogens is 223 g/mol. The lowest BCUT2D eigenvalue weighted by molar-refractivity contribution is -0.140. The number of carbonyl (C=O) groups is 1. The maximum Gasteiger partial charge on any atom is 0.302 e. The number of hydrogen-bond acceptors (Lipinski definition) is 2. The van der Waals surface area contributed by atoms with E-state index in [1.54, 1.807) is 12.1 Å². The second kappa shape index (κ2) is 5.23. The molecule has 14 heavy (non-hydrogen) atoms. The van der Waals surface area contributed by atoms with E-state index in [4.69, 9.17) is 27.9 Å². The molecule has 0 aliphatic carbocycles. The van der Waals surface area contributed by atoms with Gasteiger partial charge in [-0.15, -0.1) is 0 Å². The van der Waals surface area contributed by atoms with Crippen LogP contribution < -0.4 is 0 Å². The van der Waals surface area contributed by atoms with Gasteiger partial charge in [-0.3, -0.25) is 4.79 Å². The van der Waals surface area contributed by atoms with E-state index >= 15 is 0 Å². The Bertz CT molecular complexity index is 337. The molecule has 0 N–H and O–H groups in total. The van der Waals surface area contributed by atoms with Gasteiger partial charge in [0.2, 0.25) is 0 Å². The van der Waals surface area contributed by atoms with Gasteiger partial charge in [0.1, 0.15) is 0 Å². The molecule has 1 aromatic rings. The fourth-order valence-electron chi connectivity index (χ4n) is 1.03. The van der Waals surface area contributed by atoms with Gasteiger partial charge >= 0.3 is 5.97 Å². The molecule has 0 aliphatic heterocycles. The molecule has 0 heterocycles. The van der Waals surface area contributed by atoms with Gasteiger partial charge in [-0.2, -0.15) is 0 Å². The highest BCUT2D eigenvalue weighted by Gasteiger charge is 2.01. The monoisotopic (exact) mass is 232 g/mol. The van der Waals surface area contributed by atoms with E-state index in [0.29, 0.717) is 23.1 Å². The van der Waals surface area contributed by atoms with Crippen molar-refractivity contribution < 1.29 is 9.53 Å². The number of rotatable bonds is 3.